The Kier molecular flexibility index (Phi) is 5.53. The van der Waals surface area contributed by atoms with Crippen LogP contribution in [0.4, 0.5) is 0 Å². The predicted octanol–water partition coefficient (Wildman–Crippen LogP) is 1.36. The Morgan fingerprint density at radius 2 is 1.84 bits per heavy atom. The molecule has 1 aromatic rings. The third-order valence-electron chi connectivity index (χ3n) is 2.33. The second-order valence-corrected chi connectivity index (χ2v) is 3.77. The quantitative estimate of drug-likeness (QED) is 0.495. The number of hydrazone groups is 1. The van der Waals surface area contributed by atoms with Crippen molar-refractivity contribution in [3.05, 3.63) is 29.8 Å². The zero-order valence-electron chi connectivity index (χ0n) is 11.1. The summed E-state index contributed by atoms with van der Waals surface area (Å²) in [6.45, 7) is 1.63. The Morgan fingerprint density at radius 1 is 1.21 bits per heavy atom. The highest BCUT2D eigenvalue weighted by Crippen LogP contribution is 2.10. The predicted molar refractivity (Wildman–Crippen MR) is 70.2 cm³/mol. The highest BCUT2D eigenvalue weighted by Gasteiger charge is 2.06. The zero-order chi connectivity index (χ0) is 14.3. The summed E-state index contributed by atoms with van der Waals surface area (Å²) in [5.74, 6) is -0.0891. The topological polar surface area (TPSA) is 77.0 Å². The van der Waals surface area contributed by atoms with Gasteiger partial charge in [-0.25, -0.2) is 5.43 Å². The molecule has 19 heavy (non-hydrogen) atoms. The molecule has 0 radical (unpaired) electrons. The lowest BCUT2D eigenvalue weighted by Crippen LogP contribution is -2.20. The van der Waals surface area contributed by atoms with Crippen LogP contribution in [0.5, 0.6) is 5.75 Å². The summed E-state index contributed by atoms with van der Waals surface area (Å²) in [6.07, 6.45) is 0.0411. The van der Waals surface area contributed by atoms with Crippen LogP contribution in [-0.2, 0) is 9.53 Å². The van der Waals surface area contributed by atoms with Crippen molar-refractivity contribution >= 4 is 17.6 Å². The van der Waals surface area contributed by atoms with Gasteiger partial charge in [0.2, 0.25) is 0 Å². The van der Waals surface area contributed by atoms with E-state index in [0.29, 0.717) is 17.0 Å². The van der Waals surface area contributed by atoms with Gasteiger partial charge in [0.25, 0.3) is 5.91 Å². The summed E-state index contributed by atoms with van der Waals surface area (Å²) >= 11 is 0. The molecule has 0 heterocycles. The molecule has 1 N–H and O–H groups in total. The minimum Gasteiger partial charge on any atom is -0.497 e. The SMILES string of the molecule is COC(=O)C/C(C)=N/NC(=O)c1ccc(OC)cc1. The van der Waals surface area contributed by atoms with Crippen LogP contribution in [-0.4, -0.2) is 31.8 Å². The molecule has 0 spiro atoms. The van der Waals surface area contributed by atoms with Crippen LogP contribution in [0.3, 0.4) is 0 Å². The van der Waals surface area contributed by atoms with Crippen molar-refractivity contribution in [1.82, 2.24) is 5.43 Å². The Bertz CT molecular complexity index is 480. The molecule has 0 saturated heterocycles. The minimum atomic E-state index is -0.403. The first-order valence-electron chi connectivity index (χ1n) is 5.61. The Morgan fingerprint density at radius 3 is 2.37 bits per heavy atom. The van der Waals surface area contributed by atoms with Gasteiger partial charge in [-0.2, -0.15) is 5.10 Å². The molecule has 0 aliphatic rings. The fourth-order valence-electron chi connectivity index (χ4n) is 1.27. The summed E-state index contributed by atoms with van der Waals surface area (Å²) < 4.78 is 9.48. The van der Waals surface area contributed by atoms with E-state index < -0.39 is 5.97 Å². The lowest BCUT2D eigenvalue weighted by molar-refractivity contribution is -0.139. The first kappa shape index (κ1) is 14.7. The van der Waals surface area contributed by atoms with E-state index in [9.17, 15) is 9.59 Å². The lowest BCUT2D eigenvalue weighted by atomic mass is 10.2. The molecule has 0 fully saturated rings. The van der Waals surface area contributed by atoms with Crippen molar-refractivity contribution in [1.29, 1.82) is 0 Å². The van der Waals surface area contributed by atoms with Gasteiger partial charge in [-0.3, -0.25) is 9.59 Å². The molecule has 0 saturated carbocycles. The molecule has 0 aromatic heterocycles. The van der Waals surface area contributed by atoms with Crippen molar-refractivity contribution in [2.75, 3.05) is 14.2 Å². The van der Waals surface area contributed by atoms with Crippen molar-refractivity contribution < 1.29 is 19.1 Å². The van der Waals surface area contributed by atoms with Gasteiger partial charge in [0.15, 0.2) is 0 Å². The van der Waals surface area contributed by atoms with E-state index in [1.54, 1.807) is 38.3 Å². The number of rotatable bonds is 5. The van der Waals surface area contributed by atoms with Gasteiger partial charge in [-0.15, -0.1) is 0 Å². The molecule has 1 rings (SSSR count). The van der Waals surface area contributed by atoms with Gasteiger partial charge in [-0.1, -0.05) is 0 Å². The minimum absolute atomic E-state index is 0.0411. The molecule has 6 nitrogen and oxygen atoms in total. The molecule has 6 heteroatoms. The van der Waals surface area contributed by atoms with Crippen LogP contribution in [0.15, 0.2) is 29.4 Å². The molecule has 0 aliphatic carbocycles. The van der Waals surface area contributed by atoms with Crippen LogP contribution in [0, 0.1) is 0 Å². The number of hydrogen-bond donors (Lipinski definition) is 1. The smallest absolute Gasteiger partial charge is 0.311 e. The van der Waals surface area contributed by atoms with Crippen molar-refractivity contribution in [3.63, 3.8) is 0 Å². The number of carbonyl (C=O) groups excluding carboxylic acids is 2. The van der Waals surface area contributed by atoms with E-state index >= 15 is 0 Å². The Balaban J connectivity index is 2.59. The maximum atomic E-state index is 11.7. The normalized spacial score (nSPS) is 10.8. The van der Waals surface area contributed by atoms with Crippen molar-refractivity contribution in [3.8, 4) is 5.75 Å². The van der Waals surface area contributed by atoms with Gasteiger partial charge < -0.3 is 9.47 Å². The van der Waals surface area contributed by atoms with Crippen molar-refractivity contribution in [2.24, 2.45) is 5.10 Å². The first-order valence-corrected chi connectivity index (χ1v) is 5.61. The van der Waals surface area contributed by atoms with E-state index in [0.717, 1.165) is 0 Å². The first-order chi connectivity index (χ1) is 9.06. The largest absolute Gasteiger partial charge is 0.497 e. The monoisotopic (exact) mass is 264 g/mol. The number of nitrogens with zero attached hydrogens (tertiary/aromatic N) is 1. The van der Waals surface area contributed by atoms with Crippen molar-refractivity contribution in [2.45, 2.75) is 13.3 Å². The molecular formula is C13H16N2O4. The van der Waals surface area contributed by atoms with Crippen LogP contribution < -0.4 is 10.2 Å². The van der Waals surface area contributed by atoms with E-state index in [2.05, 4.69) is 15.3 Å². The highest BCUT2D eigenvalue weighted by molar-refractivity contribution is 5.99. The molecule has 1 amide bonds. The fraction of sp³-hybridized carbons (Fsp3) is 0.308. The molecular weight excluding hydrogens is 248 g/mol. The third-order valence-corrected chi connectivity index (χ3v) is 2.33. The Hall–Kier alpha value is -2.37. The summed E-state index contributed by atoms with van der Waals surface area (Å²) in [4.78, 5) is 22.7. The number of benzene rings is 1. The van der Waals surface area contributed by atoms with Crippen LogP contribution in [0.25, 0.3) is 0 Å². The summed E-state index contributed by atoms with van der Waals surface area (Å²) in [6, 6.07) is 6.61. The highest BCUT2D eigenvalue weighted by atomic mass is 16.5. The number of ether oxygens (including phenoxy) is 2. The maximum absolute atomic E-state index is 11.7. The van der Waals surface area contributed by atoms with Gasteiger partial charge in [0.05, 0.1) is 20.6 Å². The van der Waals surface area contributed by atoms with E-state index in [-0.39, 0.29) is 12.3 Å². The average Bonchev–Trinajstić information content (AvgIpc) is 2.44. The molecule has 0 aliphatic heterocycles. The molecule has 0 atom stereocenters. The molecule has 1 aromatic carbocycles. The van der Waals surface area contributed by atoms with E-state index in [4.69, 9.17) is 4.74 Å². The molecule has 0 bridgehead atoms. The second-order valence-electron chi connectivity index (χ2n) is 3.77. The number of nitrogens with one attached hydrogen (secondary N) is 1. The second kappa shape index (κ2) is 7.15. The number of methoxy groups -OCH3 is 2. The van der Waals surface area contributed by atoms with Gasteiger partial charge in [0.1, 0.15) is 5.75 Å². The summed E-state index contributed by atoms with van der Waals surface area (Å²) in [7, 11) is 2.85. The van der Waals surface area contributed by atoms with Crippen LogP contribution >= 0.6 is 0 Å². The van der Waals surface area contributed by atoms with Gasteiger partial charge in [0, 0.05) is 11.3 Å². The summed E-state index contributed by atoms with van der Waals surface area (Å²) in [5, 5.41) is 3.82. The Labute approximate surface area is 111 Å². The third kappa shape index (κ3) is 4.79. The zero-order valence-corrected chi connectivity index (χ0v) is 11.1. The van der Waals surface area contributed by atoms with Crippen LogP contribution in [0.2, 0.25) is 0 Å². The number of esters is 1. The standard InChI is InChI=1S/C13H16N2O4/c1-9(8-12(16)19-3)14-15-13(17)10-4-6-11(18-2)7-5-10/h4-7H,8H2,1-3H3,(H,15,17)/b14-9+. The van der Waals surface area contributed by atoms with Gasteiger partial charge in [-0.05, 0) is 31.2 Å². The number of carbonyl (C=O) groups is 2. The maximum Gasteiger partial charge on any atom is 0.311 e. The summed E-state index contributed by atoms with van der Waals surface area (Å²) in [5.41, 5.74) is 3.29. The number of amides is 1. The number of hydrogen-bond acceptors (Lipinski definition) is 5. The van der Waals surface area contributed by atoms with E-state index in [1.807, 2.05) is 0 Å². The fourth-order valence-corrected chi connectivity index (χ4v) is 1.27. The van der Waals surface area contributed by atoms with Crippen LogP contribution in [0.1, 0.15) is 23.7 Å². The molecule has 102 valence electrons. The molecule has 0 unspecified atom stereocenters. The average molecular weight is 264 g/mol. The van der Waals surface area contributed by atoms with Gasteiger partial charge >= 0.3 is 5.97 Å². The lowest BCUT2D eigenvalue weighted by Gasteiger charge is -2.03. The van der Waals surface area contributed by atoms with E-state index in [1.165, 1.54) is 7.11 Å².